The van der Waals surface area contributed by atoms with Crippen molar-refractivity contribution >= 4 is 26.6 Å². The minimum Gasteiger partial charge on any atom is -0.439 e. The lowest BCUT2D eigenvalue weighted by molar-refractivity contribution is -0.137. The number of nitrogens with zero attached hydrogens (tertiary/aromatic N) is 2. The van der Waals surface area contributed by atoms with Gasteiger partial charge >= 0.3 is 6.18 Å². The first-order valence-corrected chi connectivity index (χ1v) is 10.5. The Balaban J connectivity index is 1.47. The van der Waals surface area contributed by atoms with Gasteiger partial charge in [0.25, 0.3) is 5.91 Å². The van der Waals surface area contributed by atoms with Crippen molar-refractivity contribution in [2.75, 3.05) is 11.5 Å². The molecule has 1 aliphatic heterocycles. The highest BCUT2D eigenvalue weighted by molar-refractivity contribution is 7.92. The molecule has 1 aliphatic rings. The molecule has 7 nitrogen and oxygen atoms in total. The lowest BCUT2D eigenvalue weighted by Gasteiger charge is -2.26. The number of ether oxygens (including phenoxy) is 1. The molecule has 0 saturated carbocycles. The zero-order valence-electron chi connectivity index (χ0n) is 15.2. The van der Waals surface area contributed by atoms with Gasteiger partial charge in [0.15, 0.2) is 9.84 Å². The summed E-state index contributed by atoms with van der Waals surface area (Å²) in [6.45, 7) is 0. The van der Waals surface area contributed by atoms with Crippen molar-refractivity contribution in [1.29, 1.82) is 0 Å². The minimum atomic E-state index is -4.48. The van der Waals surface area contributed by atoms with Gasteiger partial charge in [-0.25, -0.2) is 18.4 Å². The molecule has 1 aromatic carbocycles. The number of sulfone groups is 1. The highest BCUT2D eigenvalue weighted by atomic mass is 32.2. The van der Waals surface area contributed by atoms with Gasteiger partial charge < -0.3 is 10.1 Å². The topological polar surface area (TPSA) is 98.2 Å². The quantitative estimate of drug-likeness (QED) is 0.674. The Hall–Kier alpha value is -3.21. The van der Waals surface area contributed by atoms with E-state index in [1.54, 1.807) is 24.3 Å². The van der Waals surface area contributed by atoms with Crippen LogP contribution in [-0.2, 0) is 16.0 Å². The fourth-order valence-electron chi connectivity index (χ4n) is 2.93. The van der Waals surface area contributed by atoms with E-state index in [1.165, 1.54) is 6.07 Å². The Morgan fingerprint density at radius 2 is 1.87 bits per heavy atom. The second-order valence-corrected chi connectivity index (χ2v) is 8.94. The number of nitrogens with one attached hydrogen (secondary N) is 1. The van der Waals surface area contributed by atoms with Crippen LogP contribution in [0.25, 0.3) is 10.9 Å². The first-order valence-electron chi connectivity index (χ1n) is 8.72. The van der Waals surface area contributed by atoms with Gasteiger partial charge in [-0.05, 0) is 30.3 Å². The molecule has 156 valence electrons. The summed E-state index contributed by atoms with van der Waals surface area (Å²) in [5.74, 6) is -0.281. The van der Waals surface area contributed by atoms with Gasteiger partial charge in [-0.2, -0.15) is 13.2 Å². The molecule has 1 amide bonds. The SMILES string of the molecule is O=C(NC1CS(=O)(=O)C1)c1ccc2cc(Oc3ccc(C(F)(F)F)cn3)ccc2n1. The monoisotopic (exact) mass is 437 g/mol. The van der Waals surface area contributed by atoms with E-state index in [0.717, 1.165) is 12.1 Å². The summed E-state index contributed by atoms with van der Waals surface area (Å²) < 4.78 is 65.6. The zero-order valence-corrected chi connectivity index (χ0v) is 16.0. The molecule has 0 bridgehead atoms. The average Bonchev–Trinajstić information content (AvgIpc) is 2.66. The third-order valence-corrected chi connectivity index (χ3v) is 6.25. The summed E-state index contributed by atoms with van der Waals surface area (Å²) in [6, 6.07) is 9.48. The molecule has 1 N–H and O–H groups in total. The van der Waals surface area contributed by atoms with Crippen LogP contribution >= 0.6 is 0 Å². The third-order valence-electron chi connectivity index (χ3n) is 4.42. The van der Waals surface area contributed by atoms with Crippen LogP contribution in [0.3, 0.4) is 0 Å². The van der Waals surface area contributed by atoms with Gasteiger partial charge in [0.2, 0.25) is 5.88 Å². The fraction of sp³-hybridized carbons (Fsp3) is 0.211. The number of amides is 1. The first-order chi connectivity index (χ1) is 14.1. The van der Waals surface area contributed by atoms with E-state index in [4.69, 9.17) is 4.74 Å². The molecule has 0 spiro atoms. The van der Waals surface area contributed by atoms with E-state index in [1.807, 2.05) is 0 Å². The molecular weight excluding hydrogens is 423 g/mol. The normalized spacial score (nSPS) is 16.1. The Morgan fingerprint density at radius 3 is 2.50 bits per heavy atom. The van der Waals surface area contributed by atoms with Gasteiger partial charge in [-0.1, -0.05) is 6.07 Å². The second kappa shape index (κ2) is 7.24. The van der Waals surface area contributed by atoms with E-state index in [9.17, 15) is 26.4 Å². The van der Waals surface area contributed by atoms with Crippen molar-refractivity contribution in [3.8, 4) is 11.6 Å². The van der Waals surface area contributed by atoms with Crippen molar-refractivity contribution in [3.63, 3.8) is 0 Å². The maximum atomic E-state index is 12.6. The lowest BCUT2D eigenvalue weighted by Crippen LogP contribution is -2.53. The predicted octanol–water partition coefficient (Wildman–Crippen LogP) is 2.97. The van der Waals surface area contributed by atoms with Gasteiger partial charge in [-0.15, -0.1) is 0 Å². The molecule has 2 aromatic heterocycles. The highest BCUT2D eigenvalue weighted by Crippen LogP contribution is 2.30. The predicted molar refractivity (Wildman–Crippen MR) is 101 cm³/mol. The molecule has 1 fully saturated rings. The maximum absolute atomic E-state index is 12.6. The molecule has 3 aromatic rings. The Kier molecular flexibility index (Phi) is 4.85. The lowest BCUT2D eigenvalue weighted by atomic mass is 10.2. The Morgan fingerprint density at radius 1 is 1.10 bits per heavy atom. The number of alkyl halides is 3. The summed E-state index contributed by atoms with van der Waals surface area (Å²) in [5.41, 5.74) is -0.232. The highest BCUT2D eigenvalue weighted by Gasteiger charge is 2.34. The molecule has 4 rings (SSSR count). The molecule has 1 saturated heterocycles. The van der Waals surface area contributed by atoms with E-state index in [0.29, 0.717) is 22.8 Å². The van der Waals surface area contributed by atoms with Gasteiger partial charge in [0.1, 0.15) is 11.4 Å². The minimum absolute atomic E-state index is 0.00163. The fourth-order valence-corrected chi connectivity index (χ4v) is 4.22. The van der Waals surface area contributed by atoms with Gasteiger partial charge in [0.05, 0.1) is 28.6 Å². The molecule has 0 atom stereocenters. The summed E-state index contributed by atoms with van der Waals surface area (Å²) in [7, 11) is -3.04. The smallest absolute Gasteiger partial charge is 0.417 e. The molecule has 30 heavy (non-hydrogen) atoms. The number of aromatic nitrogens is 2. The van der Waals surface area contributed by atoms with E-state index in [-0.39, 0.29) is 23.1 Å². The number of pyridine rings is 2. The number of rotatable bonds is 4. The summed E-state index contributed by atoms with van der Waals surface area (Å²) in [5, 5.41) is 3.26. The van der Waals surface area contributed by atoms with Crippen LogP contribution in [0.2, 0.25) is 0 Å². The van der Waals surface area contributed by atoms with Crippen LogP contribution in [0.1, 0.15) is 16.1 Å². The van der Waals surface area contributed by atoms with Gasteiger partial charge in [0, 0.05) is 17.6 Å². The standard InChI is InChI=1S/C19H14F3N3O4S/c20-19(21,22)12-2-6-17(23-8-12)29-14-3-5-15-11(7-14)1-4-16(25-15)18(26)24-13-9-30(27,28)10-13/h1-8,13H,9-10H2,(H,24,26). The third kappa shape index (κ3) is 4.35. The molecule has 0 aliphatic carbocycles. The molecule has 0 radical (unpaired) electrons. The summed E-state index contributed by atoms with van der Waals surface area (Å²) in [4.78, 5) is 20.1. The maximum Gasteiger partial charge on any atom is 0.417 e. The van der Waals surface area contributed by atoms with Crippen LogP contribution in [0.15, 0.2) is 48.7 Å². The number of carbonyl (C=O) groups is 1. The Labute approximate surface area is 168 Å². The van der Waals surface area contributed by atoms with Crippen molar-refractivity contribution in [2.24, 2.45) is 0 Å². The van der Waals surface area contributed by atoms with Crippen molar-refractivity contribution < 1.29 is 31.1 Å². The number of carbonyl (C=O) groups excluding carboxylic acids is 1. The van der Waals surface area contributed by atoms with E-state index in [2.05, 4.69) is 15.3 Å². The van der Waals surface area contributed by atoms with Crippen LogP contribution < -0.4 is 10.1 Å². The summed E-state index contributed by atoms with van der Waals surface area (Å²) in [6.07, 6.45) is -3.78. The van der Waals surface area contributed by atoms with Crippen molar-refractivity contribution in [2.45, 2.75) is 12.2 Å². The van der Waals surface area contributed by atoms with E-state index >= 15 is 0 Å². The number of benzene rings is 1. The molecule has 3 heterocycles. The van der Waals surface area contributed by atoms with Crippen LogP contribution in [0, 0.1) is 0 Å². The molecule has 0 unspecified atom stereocenters. The van der Waals surface area contributed by atoms with Crippen LogP contribution in [-0.4, -0.2) is 41.8 Å². The molecular formula is C19H14F3N3O4S. The second-order valence-electron chi connectivity index (χ2n) is 6.78. The van der Waals surface area contributed by atoms with Crippen molar-refractivity contribution in [3.05, 3.63) is 59.9 Å². The van der Waals surface area contributed by atoms with Crippen LogP contribution in [0.4, 0.5) is 13.2 Å². The first kappa shape index (κ1) is 20.1. The average molecular weight is 437 g/mol. The van der Waals surface area contributed by atoms with Gasteiger partial charge in [-0.3, -0.25) is 4.79 Å². The number of hydrogen-bond donors (Lipinski definition) is 1. The number of halogens is 3. The Bertz CT molecular complexity index is 1220. The summed E-state index contributed by atoms with van der Waals surface area (Å²) >= 11 is 0. The van der Waals surface area contributed by atoms with E-state index < -0.39 is 33.5 Å². The number of hydrogen-bond acceptors (Lipinski definition) is 6. The number of fused-ring (bicyclic) bond motifs is 1. The largest absolute Gasteiger partial charge is 0.439 e. The van der Waals surface area contributed by atoms with Crippen LogP contribution in [0.5, 0.6) is 11.6 Å². The zero-order chi connectivity index (χ0) is 21.5. The van der Waals surface area contributed by atoms with Crippen molar-refractivity contribution in [1.82, 2.24) is 15.3 Å². The molecule has 11 heteroatoms.